The summed E-state index contributed by atoms with van der Waals surface area (Å²) < 4.78 is 13.5. The number of carbonyl (C=O) groups is 1. The Morgan fingerprint density at radius 3 is 2.65 bits per heavy atom. The monoisotopic (exact) mass is 241 g/mol. The van der Waals surface area contributed by atoms with E-state index >= 15 is 0 Å². The quantitative estimate of drug-likeness (QED) is 0.584. The van der Waals surface area contributed by atoms with Crippen LogP contribution < -0.4 is 5.73 Å². The summed E-state index contributed by atoms with van der Waals surface area (Å²) >= 11 is 0. The van der Waals surface area contributed by atoms with Crippen molar-refractivity contribution < 1.29 is 19.4 Å². The van der Waals surface area contributed by atoms with Gasteiger partial charge in [-0.1, -0.05) is 0 Å². The van der Waals surface area contributed by atoms with Crippen LogP contribution in [-0.2, 0) is 0 Å². The van der Waals surface area contributed by atoms with Crippen molar-refractivity contribution in [3.63, 3.8) is 0 Å². The number of halogens is 1. The number of carbonyl (C=O) groups excluding carboxylic acids is 1. The lowest BCUT2D eigenvalue weighted by molar-refractivity contribution is 0.0572. The SMILES string of the molecule is Nc1nccc(C(=O)N2CC(O)C(O)C2)c1F. The van der Waals surface area contributed by atoms with E-state index in [0.29, 0.717) is 0 Å². The number of aliphatic hydroxyl groups is 2. The molecule has 2 rings (SSSR count). The van der Waals surface area contributed by atoms with Gasteiger partial charge in [0.25, 0.3) is 5.91 Å². The summed E-state index contributed by atoms with van der Waals surface area (Å²) in [5, 5.41) is 18.6. The van der Waals surface area contributed by atoms with Gasteiger partial charge in [0.2, 0.25) is 0 Å². The van der Waals surface area contributed by atoms with Crippen molar-refractivity contribution in [1.29, 1.82) is 0 Å². The topological polar surface area (TPSA) is 99.7 Å². The molecule has 1 aliphatic heterocycles. The van der Waals surface area contributed by atoms with Crippen LogP contribution in [0.3, 0.4) is 0 Å². The third-order valence-electron chi connectivity index (χ3n) is 2.69. The summed E-state index contributed by atoms with van der Waals surface area (Å²) in [6.45, 7) is -0.0522. The van der Waals surface area contributed by atoms with Crippen LogP contribution in [0.1, 0.15) is 10.4 Å². The smallest absolute Gasteiger partial charge is 0.257 e. The number of pyridine rings is 1. The second-order valence-electron chi connectivity index (χ2n) is 3.90. The molecule has 1 fully saturated rings. The first kappa shape index (κ1) is 11.7. The lowest BCUT2D eigenvalue weighted by Crippen LogP contribution is -2.30. The number of rotatable bonds is 1. The van der Waals surface area contributed by atoms with Crippen molar-refractivity contribution in [2.45, 2.75) is 12.2 Å². The fraction of sp³-hybridized carbons (Fsp3) is 0.400. The van der Waals surface area contributed by atoms with Crippen LogP contribution in [0.4, 0.5) is 10.2 Å². The molecule has 0 spiro atoms. The highest BCUT2D eigenvalue weighted by molar-refractivity contribution is 5.95. The summed E-state index contributed by atoms with van der Waals surface area (Å²) in [5.74, 6) is -1.85. The second kappa shape index (κ2) is 4.27. The van der Waals surface area contributed by atoms with Crippen LogP contribution in [-0.4, -0.2) is 51.3 Å². The molecule has 1 aromatic heterocycles. The lowest BCUT2D eigenvalue weighted by atomic mass is 10.2. The molecule has 17 heavy (non-hydrogen) atoms. The van der Waals surface area contributed by atoms with E-state index < -0.39 is 23.9 Å². The Morgan fingerprint density at radius 1 is 1.47 bits per heavy atom. The van der Waals surface area contributed by atoms with Gasteiger partial charge in [0.15, 0.2) is 11.6 Å². The molecule has 2 unspecified atom stereocenters. The van der Waals surface area contributed by atoms with E-state index in [9.17, 15) is 19.4 Å². The van der Waals surface area contributed by atoms with Gasteiger partial charge >= 0.3 is 0 Å². The normalized spacial score (nSPS) is 24.1. The van der Waals surface area contributed by atoms with E-state index in [0.717, 1.165) is 0 Å². The number of β-amino-alcohol motifs (C(OH)–C–C–N with tert-alkyl or cyclic N) is 2. The molecule has 0 radical (unpaired) electrons. The van der Waals surface area contributed by atoms with Crippen LogP contribution >= 0.6 is 0 Å². The van der Waals surface area contributed by atoms with Gasteiger partial charge in [0.05, 0.1) is 17.8 Å². The molecule has 92 valence electrons. The van der Waals surface area contributed by atoms with E-state index in [1.165, 1.54) is 17.2 Å². The number of hydrogen-bond acceptors (Lipinski definition) is 5. The third-order valence-corrected chi connectivity index (χ3v) is 2.69. The summed E-state index contributed by atoms with van der Waals surface area (Å²) in [4.78, 5) is 16.6. The zero-order chi connectivity index (χ0) is 12.6. The molecule has 6 nitrogen and oxygen atoms in total. The van der Waals surface area contributed by atoms with Gasteiger partial charge in [0.1, 0.15) is 0 Å². The Kier molecular flexibility index (Phi) is 2.95. The predicted molar refractivity (Wildman–Crippen MR) is 56.5 cm³/mol. The van der Waals surface area contributed by atoms with E-state index in [-0.39, 0.29) is 24.5 Å². The number of aliphatic hydroxyl groups excluding tert-OH is 2. The van der Waals surface area contributed by atoms with Gasteiger partial charge in [-0.25, -0.2) is 9.37 Å². The fourth-order valence-electron chi connectivity index (χ4n) is 1.73. The molecule has 2 heterocycles. The molecular formula is C10H12FN3O3. The number of likely N-dealkylation sites (tertiary alicyclic amines) is 1. The molecule has 4 N–H and O–H groups in total. The maximum absolute atomic E-state index is 13.5. The average molecular weight is 241 g/mol. The Labute approximate surface area is 96.5 Å². The van der Waals surface area contributed by atoms with Crippen molar-refractivity contribution in [1.82, 2.24) is 9.88 Å². The number of hydrogen-bond donors (Lipinski definition) is 3. The van der Waals surface area contributed by atoms with E-state index in [1.807, 2.05) is 0 Å². The van der Waals surface area contributed by atoms with Gasteiger partial charge in [-0.15, -0.1) is 0 Å². The lowest BCUT2D eigenvalue weighted by Gasteiger charge is -2.15. The molecular weight excluding hydrogens is 229 g/mol. The standard InChI is InChI=1S/C10H12FN3O3/c11-8-5(1-2-13-9(8)12)10(17)14-3-6(15)7(16)4-14/h1-2,6-7,15-16H,3-4H2,(H2,12,13). The molecule has 1 amide bonds. The molecule has 0 bridgehead atoms. The molecule has 2 atom stereocenters. The van der Waals surface area contributed by atoms with E-state index in [4.69, 9.17) is 5.73 Å². The highest BCUT2D eigenvalue weighted by Crippen LogP contribution is 2.18. The van der Waals surface area contributed by atoms with Crippen LogP contribution in [0.15, 0.2) is 12.3 Å². The first-order valence-corrected chi connectivity index (χ1v) is 5.06. The maximum atomic E-state index is 13.5. The van der Waals surface area contributed by atoms with Crippen molar-refractivity contribution >= 4 is 11.7 Å². The molecule has 7 heteroatoms. The summed E-state index contributed by atoms with van der Waals surface area (Å²) in [5.41, 5.74) is 5.05. The number of aromatic nitrogens is 1. The summed E-state index contributed by atoms with van der Waals surface area (Å²) in [6.07, 6.45) is -0.767. The fourth-order valence-corrected chi connectivity index (χ4v) is 1.73. The Bertz CT molecular complexity index is 444. The average Bonchev–Trinajstić information content (AvgIpc) is 2.62. The van der Waals surface area contributed by atoms with Crippen LogP contribution in [0.25, 0.3) is 0 Å². The first-order valence-electron chi connectivity index (χ1n) is 5.06. The molecule has 1 saturated heterocycles. The zero-order valence-corrected chi connectivity index (χ0v) is 8.88. The molecule has 0 aromatic carbocycles. The van der Waals surface area contributed by atoms with Crippen LogP contribution in [0, 0.1) is 5.82 Å². The highest BCUT2D eigenvalue weighted by atomic mass is 19.1. The zero-order valence-electron chi connectivity index (χ0n) is 8.88. The molecule has 0 saturated carbocycles. The van der Waals surface area contributed by atoms with Crippen molar-refractivity contribution in [3.05, 3.63) is 23.6 Å². The highest BCUT2D eigenvalue weighted by Gasteiger charge is 2.34. The Hall–Kier alpha value is -1.73. The molecule has 1 aromatic rings. The van der Waals surface area contributed by atoms with Gasteiger partial charge in [-0.2, -0.15) is 0 Å². The van der Waals surface area contributed by atoms with Crippen molar-refractivity contribution in [2.24, 2.45) is 0 Å². The third kappa shape index (κ3) is 2.06. The van der Waals surface area contributed by atoms with Gasteiger partial charge < -0.3 is 20.8 Å². The number of amides is 1. The van der Waals surface area contributed by atoms with Gasteiger partial charge in [0, 0.05) is 19.3 Å². The minimum absolute atomic E-state index is 0.0261. The Morgan fingerprint density at radius 2 is 2.06 bits per heavy atom. The van der Waals surface area contributed by atoms with E-state index in [1.54, 1.807) is 0 Å². The van der Waals surface area contributed by atoms with Crippen LogP contribution in [0.2, 0.25) is 0 Å². The van der Waals surface area contributed by atoms with Gasteiger partial charge in [-0.05, 0) is 6.07 Å². The number of anilines is 1. The minimum Gasteiger partial charge on any atom is -0.388 e. The number of nitrogen functional groups attached to an aromatic ring is 1. The van der Waals surface area contributed by atoms with Crippen LogP contribution in [0.5, 0.6) is 0 Å². The first-order chi connectivity index (χ1) is 8.00. The maximum Gasteiger partial charge on any atom is 0.257 e. The Balaban J connectivity index is 2.24. The summed E-state index contributed by atoms with van der Waals surface area (Å²) in [7, 11) is 0. The second-order valence-corrected chi connectivity index (χ2v) is 3.90. The minimum atomic E-state index is -0.999. The number of nitrogens with two attached hydrogens (primary N) is 1. The van der Waals surface area contributed by atoms with Gasteiger partial charge in [-0.3, -0.25) is 4.79 Å². The largest absolute Gasteiger partial charge is 0.388 e. The number of nitrogens with zero attached hydrogens (tertiary/aromatic N) is 2. The summed E-state index contributed by atoms with van der Waals surface area (Å²) in [6, 6.07) is 1.21. The molecule has 1 aliphatic rings. The van der Waals surface area contributed by atoms with Crippen molar-refractivity contribution in [2.75, 3.05) is 18.8 Å². The molecule has 0 aliphatic carbocycles. The van der Waals surface area contributed by atoms with E-state index in [2.05, 4.69) is 4.98 Å². The van der Waals surface area contributed by atoms with Crippen molar-refractivity contribution in [3.8, 4) is 0 Å². The predicted octanol–water partition coefficient (Wildman–Crippen LogP) is -1.02.